The third-order valence-electron chi connectivity index (χ3n) is 2.55. The second kappa shape index (κ2) is 6.64. The molecule has 3 aromatic rings. The molecule has 0 saturated carbocycles. The van der Waals surface area contributed by atoms with Crippen molar-refractivity contribution < 1.29 is 0 Å². The average molecular weight is 320 g/mol. The van der Waals surface area contributed by atoms with Gasteiger partial charge in [-0.05, 0) is 12.5 Å². The molecule has 0 aliphatic carbocycles. The molecule has 3 rings (SSSR count). The fourth-order valence-corrected chi connectivity index (χ4v) is 3.53. The van der Waals surface area contributed by atoms with E-state index in [-0.39, 0.29) is 5.56 Å². The van der Waals surface area contributed by atoms with Gasteiger partial charge in [-0.1, -0.05) is 23.1 Å². The maximum Gasteiger partial charge on any atom is 0.275 e. The molecule has 0 unspecified atom stereocenters. The van der Waals surface area contributed by atoms with Crippen LogP contribution >= 0.6 is 23.1 Å². The minimum Gasteiger partial charge on any atom is -0.354 e. The topological polar surface area (TPSA) is 85.1 Å². The quantitative estimate of drug-likeness (QED) is 0.544. The first-order valence-corrected chi connectivity index (χ1v) is 8.12. The zero-order valence-corrected chi connectivity index (χ0v) is 12.6. The Balaban J connectivity index is 1.48. The van der Waals surface area contributed by atoms with Gasteiger partial charge in [0, 0.05) is 37.0 Å². The van der Waals surface area contributed by atoms with Crippen molar-refractivity contribution >= 4 is 34.0 Å². The maximum absolute atomic E-state index is 11.6. The van der Waals surface area contributed by atoms with Gasteiger partial charge in [0.2, 0.25) is 10.9 Å². The lowest BCUT2D eigenvalue weighted by Crippen LogP contribution is -2.12. The Kier molecular flexibility index (Phi) is 4.41. The summed E-state index contributed by atoms with van der Waals surface area (Å²) in [6.07, 6.45) is 5.86. The molecule has 0 spiro atoms. The predicted molar refractivity (Wildman–Crippen MR) is 83.0 cm³/mol. The van der Waals surface area contributed by atoms with Crippen LogP contribution in [-0.4, -0.2) is 36.9 Å². The number of thioether (sulfide) groups is 1. The Hall–Kier alpha value is -2.00. The van der Waals surface area contributed by atoms with Gasteiger partial charge in [-0.3, -0.25) is 4.79 Å². The third-order valence-corrected chi connectivity index (χ3v) is 4.69. The van der Waals surface area contributed by atoms with E-state index in [0.29, 0.717) is 10.9 Å². The summed E-state index contributed by atoms with van der Waals surface area (Å²) in [4.78, 5) is 24.5. The summed E-state index contributed by atoms with van der Waals surface area (Å²) < 4.78 is 2.19. The summed E-state index contributed by atoms with van der Waals surface area (Å²) in [5.41, 5.74) is -0.147. The van der Waals surface area contributed by atoms with Crippen LogP contribution in [0.1, 0.15) is 6.42 Å². The highest BCUT2D eigenvalue weighted by atomic mass is 32.2. The Morgan fingerprint density at radius 3 is 2.90 bits per heavy atom. The van der Waals surface area contributed by atoms with E-state index in [1.807, 2.05) is 0 Å². The number of hydrogen-bond donors (Lipinski definition) is 1. The van der Waals surface area contributed by atoms with Gasteiger partial charge >= 0.3 is 0 Å². The Morgan fingerprint density at radius 2 is 2.10 bits per heavy atom. The van der Waals surface area contributed by atoms with E-state index >= 15 is 0 Å². The molecular weight excluding hydrogens is 308 g/mol. The maximum atomic E-state index is 11.6. The van der Waals surface area contributed by atoms with E-state index in [4.69, 9.17) is 0 Å². The number of aromatic nitrogens is 5. The average Bonchev–Trinajstić information content (AvgIpc) is 2.92. The van der Waals surface area contributed by atoms with Crippen molar-refractivity contribution in [3.05, 3.63) is 41.1 Å². The van der Waals surface area contributed by atoms with E-state index < -0.39 is 0 Å². The highest BCUT2D eigenvalue weighted by Crippen LogP contribution is 2.23. The predicted octanol–water partition coefficient (Wildman–Crippen LogP) is 1.54. The first-order valence-electron chi connectivity index (χ1n) is 6.31. The van der Waals surface area contributed by atoms with Gasteiger partial charge in [0.15, 0.2) is 4.34 Å². The van der Waals surface area contributed by atoms with Crippen LogP contribution in [0.3, 0.4) is 0 Å². The molecule has 3 aromatic heterocycles. The minimum absolute atomic E-state index is 0.147. The highest BCUT2D eigenvalue weighted by Gasteiger charge is 2.06. The molecular formula is C12H12N6OS2. The first kappa shape index (κ1) is 14.0. The van der Waals surface area contributed by atoms with Crippen LogP contribution < -0.4 is 10.9 Å². The summed E-state index contributed by atoms with van der Waals surface area (Å²) in [6.45, 7) is 0.792. The molecule has 0 radical (unpaired) electrons. The van der Waals surface area contributed by atoms with Crippen molar-refractivity contribution in [1.82, 2.24) is 24.6 Å². The van der Waals surface area contributed by atoms with Crippen molar-refractivity contribution in [3.8, 4) is 0 Å². The Bertz CT molecular complexity index is 772. The zero-order valence-electron chi connectivity index (χ0n) is 11.0. The number of nitrogens with zero attached hydrogens (tertiary/aromatic N) is 5. The van der Waals surface area contributed by atoms with Gasteiger partial charge in [0.25, 0.3) is 5.56 Å². The largest absolute Gasteiger partial charge is 0.354 e. The highest BCUT2D eigenvalue weighted by molar-refractivity contribution is 8.01. The molecule has 0 amide bonds. The van der Waals surface area contributed by atoms with E-state index in [2.05, 4.69) is 25.4 Å². The Labute approximate surface area is 128 Å². The molecule has 21 heavy (non-hydrogen) atoms. The molecule has 0 fully saturated rings. The summed E-state index contributed by atoms with van der Waals surface area (Å²) in [7, 11) is 0. The third kappa shape index (κ3) is 3.56. The molecule has 9 heteroatoms. The van der Waals surface area contributed by atoms with Crippen molar-refractivity contribution in [3.63, 3.8) is 0 Å². The van der Waals surface area contributed by atoms with Crippen LogP contribution in [0.25, 0.3) is 4.96 Å². The van der Waals surface area contributed by atoms with Crippen molar-refractivity contribution in [1.29, 1.82) is 0 Å². The van der Waals surface area contributed by atoms with Crippen LogP contribution in [0.15, 0.2) is 39.9 Å². The molecule has 0 aliphatic heterocycles. The Morgan fingerprint density at radius 1 is 1.24 bits per heavy atom. The molecule has 0 aromatic carbocycles. The molecule has 0 saturated heterocycles. The first-order chi connectivity index (χ1) is 10.3. The van der Waals surface area contributed by atoms with Crippen molar-refractivity contribution in [2.45, 2.75) is 10.8 Å². The molecule has 108 valence electrons. The normalized spacial score (nSPS) is 10.9. The zero-order chi connectivity index (χ0) is 14.5. The van der Waals surface area contributed by atoms with Gasteiger partial charge in [-0.15, -0.1) is 5.10 Å². The number of rotatable bonds is 6. The van der Waals surface area contributed by atoms with Crippen molar-refractivity contribution in [2.75, 3.05) is 17.6 Å². The molecule has 0 atom stereocenters. The van der Waals surface area contributed by atoms with Crippen LogP contribution in [0.2, 0.25) is 0 Å². The molecule has 7 nitrogen and oxygen atoms in total. The smallest absolute Gasteiger partial charge is 0.275 e. The van der Waals surface area contributed by atoms with E-state index in [1.54, 1.807) is 30.2 Å². The van der Waals surface area contributed by atoms with Gasteiger partial charge < -0.3 is 5.32 Å². The number of fused-ring (bicyclic) bond motifs is 1. The SMILES string of the molecule is O=c1ccnc2sc(SCCCNc3ncccn3)nn12. The van der Waals surface area contributed by atoms with Gasteiger partial charge in [-0.2, -0.15) is 4.52 Å². The number of nitrogens with one attached hydrogen (secondary N) is 1. The van der Waals surface area contributed by atoms with Crippen LogP contribution in [0.4, 0.5) is 5.95 Å². The van der Waals surface area contributed by atoms with E-state index in [9.17, 15) is 4.79 Å². The fourth-order valence-electron chi connectivity index (χ4n) is 1.61. The molecule has 0 bridgehead atoms. The molecule has 3 heterocycles. The van der Waals surface area contributed by atoms with E-state index in [1.165, 1.54) is 28.1 Å². The van der Waals surface area contributed by atoms with Gasteiger partial charge in [0.05, 0.1) is 0 Å². The standard InChI is InChI=1S/C12H12N6OS2/c19-9-3-7-16-11-18(9)17-12(21-11)20-8-2-6-15-10-13-4-1-5-14-10/h1,3-5,7H,2,6,8H2,(H,13,14,15). The van der Waals surface area contributed by atoms with Crippen LogP contribution in [0.5, 0.6) is 0 Å². The van der Waals surface area contributed by atoms with Crippen molar-refractivity contribution in [2.24, 2.45) is 0 Å². The van der Waals surface area contributed by atoms with Gasteiger partial charge in [-0.25, -0.2) is 15.0 Å². The summed E-state index contributed by atoms with van der Waals surface area (Å²) in [6, 6.07) is 3.19. The number of hydrogen-bond acceptors (Lipinski definition) is 8. The van der Waals surface area contributed by atoms with E-state index in [0.717, 1.165) is 23.1 Å². The van der Waals surface area contributed by atoms with Gasteiger partial charge in [0.1, 0.15) is 0 Å². The lowest BCUT2D eigenvalue weighted by Gasteiger charge is -2.02. The summed E-state index contributed by atoms with van der Waals surface area (Å²) >= 11 is 3.04. The minimum atomic E-state index is -0.147. The van der Waals surface area contributed by atoms with Crippen LogP contribution in [-0.2, 0) is 0 Å². The number of anilines is 1. The fraction of sp³-hybridized carbons (Fsp3) is 0.250. The summed E-state index contributed by atoms with van der Waals surface area (Å²) in [5.74, 6) is 1.53. The monoisotopic (exact) mass is 320 g/mol. The second-order valence-electron chi connectivity index (χ2n) is 4.05. The molecule has 1 N–H and O–H groups in total. The summed E-state index contributed by atoms with van der Waals surface area (Å²) in [5, 5.41) is 7.39. The lowest BCUT2D eigenvalue weighted by atomic mass is 10.5. The lowest BCUT2D eigenvalue weighted by molar-refractivity contribution is 0.856. The molecule has 0 aliphatic rings. The van der Waals surface area contributed by atoms with Crippen LogP contribution in [0, 0.1) is 0 Å². The second-order valence-corrected chi connectivity index (χ2v) is 6.34.